The maximum Gasteiger partial charge on any atom is 0.226 e. The quantitative estimate of drug-likeness (QED) is 0.716. The van der Waals surface area contributed by atoms with Crippen LogP contribution in [0.4, 0.5) is 5.82 Å². The molecule has 1 N–H and O–H groups in total. The highest BCUT2D eigenvalue weighted by Crippen LogP contribution is 2.61. The van der Waals surface area contributed by atoms with Crippen molar-refractivity contribution in [1.29, 1.82) is 0 Å². The Labute approximate surface area is 207 Å². The molecule has 4 bridgehead atoms. The van der Waals surface area contributed by atoms with Crippen molar-refractivity contribution >= 4 is 23.5 Å². The number of piperidine rings is 1. The molecule has 0 unspecified atom stereocenters. The molecule has 3 heterocycles. The van der Waals surface area contributed by atoms with E-state index in [0.29, 0.717) is 44.8 Å². The number of nitrogens with zero attached hydrogens (tertiary/aromatic N) is 4. The lowest BCUT2D eigenvalue weighted by atomic mass is 9.49. The van der Waals surface area contributed by atoms with E-state index in [-0.39, 0.29) is 29.1 Å². The van der Waals surface area contributed by atoms with Crippen molar-refractivity contribution in [1.82, 2.24) is 19.8 Å². The molecular weight excluding hydrogens is 442 g/mol. The molecule has 7 rings (SSSR count). The van der Waals surface area contributed by atoms with Crippen molar-refractivity contribution in [2.45, 2.75) is 77.7 Å². The topological polar surface area (TPSA) is 95.5 Å². The first-order chi connectivity index (χ1) is 16.9. The van der Waals surface area contributed by atoms with Crippen molar-refractivity contribution in [2.75, 3.05) is 25.0 Å². The fraction of sp³-hybridized carbons (Fsp3) is 0.741. The summed E-state index contributed by atoms with van der Waals surface area (Å²) in [6, 6.07) is 0. The van der Waals surface area contributed by atoms with E-state index in [1.807, 2.05) is 9.80 Å². The van der Waals surface area contributed by atoms with Crippen LogP contribution in [0, 0.1) is 29.1 Å². The average molecular weight is 480 g/mol. The van der Waals surface area contributed by atoms with Gasteiger partial charge in [0.25, 0.3) is 0 Å². The summed E-state index contributed by atoms with van der Waals surface area (Å²) in [5, 5.41) is 3.14. The van der Waals surface area contributed by atoms with Crippen LogP contribution in [0.15, 0.2) is 6.33 Å². The van der Waals surface area contributed by atoms with E-state index in [4.69, 9.17) is 0 Å². The molecule has 8 nitrogen and oxygen atoms in total. The molecule has 0 atom stereocenters. The Balaban J connectivity index is 1.08. The molecule has 5 fully saturated rings. The normalized spacial score (nSPS) is 31.9. The Kier molecular flexibility index (Phi) is 5.80. The first kappa shape index (κ1) is 22.9. The Morgan fingerprint density at radius 2 is 1.63 bits per heavy atom. The highest BCUT2D eigenvalue weighted by atomic mass is 16.2. The van der Waals surface area contributed by atoms with Crippen molar-refractivity contribution in [3.05, 3.63) is 17.6 Å². The number of amides is 3. The number of likely N-dealkylation sites (tertiary alicyclic amines) is 1. The molecule has 4 aliphatic carbocycles. The molecular formula is C27H37N5O3. The summed E-state index contributed by atoms with van der Waals surface area (Å²) in [7, 11) is 0. The van der Waals surface area contributed by atoms with Gasteiger partial charge in [-0.3, -0.25) is 14.4 Å². The fourth-order valence-corrected chi connectivity index (χ4v) is 8.37. The Bertz CT molecular complexity index is 996. The van der Waals surface area contributed by atoms with Gasteiger partial charge >= 0.3 is 0 Å². The van der Waals surface area contributed by atoms with E-state index in [1.54, 1.807) is 6.92 Å². The third-order valence-electron chi connectivity index (χ3n) is 9.57. The first-order valence-electron chi connectivity index (χ1n) is 13.5. The summed E-state index contributed by atoms with van der Waals surface area (Å²) in [6.45, 7) is 3.96. The monoisotopic (exact) mass is 479 g/mol. The third kappa shape index (κ3) is 4.45. The number of anilines is 1. The molecule has 4 saturated carbocycles. The molecule has 8 heteroatoms. The number of rotatable bonds is 4. The Morgan fingerprint density at radius 3 is 2.26 bits per heavy atom. The van der Waals surface area contributed by atoms with Crippen LogP contribution in [-0.2, 0) is 27.3 Å². The molecule has 2 aliphatic heterocycles. The SMILES string of the molecule is CC(=O)N1CCC(C(=O)N2CCc3c(ncnc3NC(=O)CC34CC5CC(CC(C5)C3)C4)C2)CC1. The summed E-state index contributed by atoms with van der Waals surface area (Å²) in [6.07, 6.45) is 12.0. The summed E-state index contributed by atoms with van der Waals surface area (Å²) < 4.78 is 0. The van der Waals surface area contributed by atoms with Gasteiger partial charge in [-0.25, -0.2) is 9.97 Å². The zero-order valence-electron chi connectivity index (χ0n) is 20.8. The van der Waals surface area contributed by atoms with Crippen molar-refractivity contribution < 1.29 is 14.4 Å². The van der Waals surface area contributed by atoms with Gasteiger partial charge in [0.2, 0.25) is 17.7 Å². The number of hydrogen-bond donors (Lipinski definition) is 1. The predicted octanol–water partition coefficient (Wildman–Crippen LogP) is 3.16. The highest BCUT2D eigenvalue weighted by Gasteiger charge is 2.51. The minimum absolute atomic E-state index is 0.0339. The van der Waals surface area contributed by atoms with Gasteiger partial charge in [0, 0.05) is 44.5 Å². The first-order valence-corrected chi connectivity index (χ1v) is 13.5. The minimum atomic E-state index is -0.0339. The van der Waals surface area contributed by atoms with Crippen molar-refractivity contribution in [3.63, 3.8) is 0 Å². The number of aromatic nitrogens is 2. The lowest BCUT2D eigenvalue weighted by Crippen LogP contribution is -2.47. The van der Waals surface area contributed by atoms with Gasteiger partial charge in [-0.2, -0.15) is 0 Å². The van der Waals surface area contributed by atoms with Crippen molar-refractivity contribution in [3.8, 4) is 0 Å². The van der Waals surface area contributed by atoms with Crippen LogP contribution in [0.2, 0.25) is 0 Å². The summed E-state index contributed by atoms with van der Waals surface area (Å²) in [5.41, 5.74) is 2.01. The van der Waals surface area contributed by atoms with Crippen LogP contribution in [-0.4, -0.2) is 57.1 Å². The molecule has 0 spiro atoms. The second-order valence-electron chi connectivity index (χ2n) is 12.1. The van der Waals surface area contributed by atoms with Crippen molar-refractivity contribution in [2.24, 2.45) is 29.1 Å². The van der Waals surface area contributed by atoms with E-state index < -0.39 is 0 Å². The van der Waals surface area contributed by atoms with E-state index in [1.165, 1.54) is 44.9 Å². The molecule has 0 aromatic carbocycles. The number of fused-ring (bicyclic) bond motifs is 1. The molecule has 188 valence electrons. The third-order valence-corrected chi connectivity index (χ3v) is 9.57. The summed E-state index contributed by atoms with van der Waals surface area (Å²) in [4.78, 5) is 50.5. The minimum Gasteiger partial charge on any atom is -0.343 e. The van der Waals surface area contributed by atoms with Crippen LogP contribution in [0.3, 0.4) is 0 Å². The second-order valence-corrected chi connectivity index (χ2v) is 12.1. The van der Waals surface area contributed by atoms with E-state index >= 15 is 0 Å². The van der Waals surface area contributed by atoms with Gasteiger partial charge < -0.3 is 15.1 Å². The van der Waals surface area contributed by atoms with Gasteiger partial charge in [-0.1, -0.05) is 0 Å². The molecule has 1 saturated heterocycles. The van der Waals surface area contributed by atoms with Gasteiger partial charge in [0.1, 0.15) is 12.1 Å². The van der Waals surface area contributed by atoms with E-state index in [9.17, 15) is 14.4 Å². The lowest BCUT2D eigenvalue weighted by Gasteiger charge is -2.56. The van der Waals surface area contributed by atoms with Gasteiger partial charge in [-0.15, -0.1) is 0 Å². The second kappa shape index (κ2) is 8.86. The number of nitrogens with one attached hydrogen (secondary N) is 1. The number of carbonyl (C=O) groups is 3. The smallest absolute Gasteiger partial charge is 0.226 e. The van der Waals surface area contributed by atoms with Gasteiger partial charge in [0.05, 0.1) is 12.2 Å². The maximum absolute atomic E-state index is 13.2. The van der Waals surface area contributed by atoms with E-state index in [2.05, 4.69) is 15.3 Å². The number of carbonyl (C=O) groups excluding carboxylic acids is 3. The van der Waals surface area contributed by atoms with Crippen LogP contribution < -0.4 is 5.32 Å². The molecule has 1 aromatic heterocycles. The maximum atomic E-state index is 13.2. The fourth-order valence-electron chi connectivity index (χ4n) is 8.37. The van der Waals surface area contributed by atoms with Gasteiger partial charge in [-0.05, 0) is 81.0 Å². The zero-order valence-corrected chi connectivity index (χ0v) is 20.8. The Morgan fingerprint density at radius 1 is 0.971 bits per heavy atom. The lowest BCUT2D eigenvalue weighted by molar-refractivity contribution is -0.140. The van der Waals surface area contributed by atoms with E-state index in [0.717, 1.165) is 41.9 Å². The molecule has 0 radical (unpaired) electrons. The molecule has 1 aromatic rings. The van der Waals surface area contributed by atoms with Crippen LogP contribution >= 0.6 is 0 Å². The van der Waals surface area contributed by atoms with Crippen LogP contribution in [0.1, 0.15) is 76.0 Å². The highest BCUT2D eigenvalue weighted by molar-refractivity contribution is 5.91. The van der Waals surface area contributed by atoms with Gasteiger partial charge in [0.15, 0.2) is 0 Å². The van der Waals surface area contributed by atoms with Crippen LogP contribution in [0.25, 0.3) is 0 Å². The Hall–Kier alpha value is -2.51. The summed E-state index contributed by atoms with van der Waals surface area (Å²) in [5.74, 6) is 3.42. The molecule has 6 aliphatic rings. The predicted molar refractivity (Wildman–Crippen MR) is 130 cm³/mol. The standard InChI is InChI=1S/C27H37N5O3/c1-17(33)31-5-2-21(3-6-31)26(35)32-7-4-22-23(15-32)28-16-29-25(22)30-24(34)14-27-11-18-8-19(12-27)10-20(9-18)13-27/h16,18-21H,2-15H2,1H3,(H,28,29,30,34). The largest absolute Gasteiger partial charge is 0.343 e. The molecule has 35 heavy (non-hydrogen) atoms. The number of hydrogen-bond acceptors (Lipinski definition) is 5. The summed E-state index contributed by atoms with van der Waals surface area (Å²) >= 11 is 0. The zero-order chi connectivity index (χ0) is 24.2. The molecule has 3 amide bonds. The average Bonchev–Trinajstić information content (AvgIpc) is 2.82. The van der Waals surface area contributed by atoms with Crippen LogP contribution in [0.5, 0.6) is 0 Å².